The van der Waals surface area contributed by atoms with Crippen LogP contribution in [0.15, 0.2) is 22.8 Å². The molecule has 0 spiro atoms. The van der Waals surface area contributed by atoms with E-state index in [1.807, 2.05) is 13.8 Å². The van der Waals surface area contributed by atoms with Gasteiger partial charge in [0.1, 0.15) is 6.04 Å². The summed E-state index contributed by atoms with van der Waals surface area (Å²) in [5, 5.41) is 11.3. The molecule has 0 saturated carbocycles. The van der Waals surface area contributed by atoms with Crippen LogP contribution in [0.3, 0.4) is 0 Å². The number of carbonyl (C=O) groups is 3. The number of carbonyl (C=O) groups excluding carboxylic acids is 2. The van der Waals surface area contributed by atoms with Crippen LogP contribution in [-0.2, 0) is 9.59 Å². The van der Waals surface area contributed by atoms with Gasteiger partial charge in [0.05, 0.1) is 12.7 Å². The summed E-state index contributed by atoms with van der Waals surface area (Å²) in [5.74, 6) is -1.43. The van der Waals surface area contributed by atoms with E-state index in [0.717, 1.165) is 0 Å². The summed E-state index contributed by atoms with van der Waals surface area (Å²) in [4.78, 5) is 36.4. The molecule has 1 heterocycles. The number of amides is 2. The van der Waals surface area contributed by atoms with Crippen molar-refractivity contribution >= 4 is 17.8 Å². The van der Waals surface area contributed by atoms with Crippen molar-refractivity contribution in [3.63, 3.8) is 0 Å². The first-order valence-electron chi connectivity index (χ1n) is 7.16. The number of furan rings is 1. The van der Waals surface area contributed by atoms with Gasteiger partial charge in [-0.2, -0.15) is 0 Å². The first-order valence-corrected chi connectivity index (χ1v) is 7.16. The molecule has 7 heteroatoms. The maximum Gasteiger partial charge on any atom is 0.305 e. The van der Waals surface area contributed by atoms with Crippen molar-refractivity contribution in [1.82, 2.24) is 10.2 Å². The smallest absolute Gasteiger partial charge is 0.305 e. The Bertz CT molecular complexity index is 510. The number of hydrogen-bond donors (Lipinski definition) is 2. The summed E-state index contributed by atoms with van der Waals surface area (Å²) in [5.41, 5.74) is 0. The normalized spacial score (nSPS) is 12.0. The zero-order chi connectivity index (χ0) is 16.7. The second-order valence-corrected chi connectivity index (χ2v) is 5.49. The number of nitrogens with zero attached hydrogens (tertiary/aromatic N) is 1. The Balaban J connectivity index is 2.66. The van der Waals surface area contributed by atoms with Crippen LogP contribution in [0, 0.1) is 5.92 Å². The molecule has 1 rings (SSSR count). The van der Waals surface area contributed by atoms with Gasteiger partial charge in [-0.25, -0.2) is 0 Å². The minimum absolute atomic E-state index is 0.118. The molecule has 0 aliphatic rings. The summed E-state index contributed by atoms with van der Waals surface area (Å²) in [6.45, 7) is 6.00. The summed E-state index contributed by atoms with van der Waals surface area (Å²) in [6, 6.07) is 2.33. The number of aliphatic carboxylic acids is 1. The lowest BCUT2D eigenvalue weighted by Gasteiger charge is -2.27. The Morgan fingerprint density at radius 3 is 2.50 bits per heavy atom. The molecular formula is C15H22N2O5. The van der Waals surface area contributed by atoms with Crippen molar-refractivity contribution in [2.75, 3.05) is 13.1 Å². The van der Waals surface area contributed by atoms with Gasteiger partial charge in [-0.05, 0) is 25.0 Å². The third-order valence-corrected chi connectivity index (χ3v) is 2.96. The molecule has 0 unspecified atom stereocenters. The Morgan fingerprint density at radius 2 is 2.00 bits per heavy atom. The highest BCUT2D eigenvalue weighted by molar-refractivity contribution is 5.95. The highest BCUT2D eigenvalue weighted by atomic mass is 16.4. The van der Waals surface area contributed by atoms with Gasteiger partial charge in [-0.1, -0.05) is 13.8 Å². The fourth-order valence-electron chi connectivity index (χ4n) is 1.97. The fraction of sp³-hybridized carbons (Fsp3) is 0.533. The van der Waals surface area contributed by atoms with Gasteiger partial charge >= 0.3 is 5.97 Å². The molecular weight excluding hydrogens is 288 g/mol. The zero-order valence-electron chi connectivity index (χ0n) is 13.0. The third-order valence-electron chi connectivity index (χ3n) is 2.96. The molecule has 0 radical (unpaired) electrons. The van der Waals surface area contributed by atoms with Gasteiger partial charge in [-0.15, -0.1) is 0 Å². The highest BCUT2D eigenvalue weighted by Crippen LogP contribution is 2.05. The highest BCUT2D eigenvalue weighted by Gasteiger charge is 2.24. The summed E-state index contributed by atoms with van der Waals surface area (Å²) in [7, 11) is 0. The molecule has 0 bridgehead atoms. The lowest BCUT2D eigenvalue weighted by Crippen LogP contribution is -2.48. The quantitative estimate of drug-likeness (QED) is 0.755. The number of nitrogens with one attached hydrogen (secondary N) is 1. The molecule has 22 heavy (non-hydrogen) atoms. The minimum atomic E-state index is -0.964. The van der Waals surface area contributed by atoms with Crippen LogP contribution in [0.2, 0.25) is 0 Å². The van der Waals surface area contributed by atoms with Gasteiger partial charge in [-0.3, -0.25) is 14.4 Å². The summed E-state index contributed by atoms with van der Waals surface area (Å²) < 4.78 is 4.97. The Labute approximate surface area is 129 Å². The molecule has 0 fully saturated rings. The van der Waals surface area contributed by atoms with Crippen LogP contribution in [0.4, 0.5) is 0 Å². The molecule has 1 aromatic heterocycles. The van der Waals surface area contributed by atoms with Gasteiger partial charge in [0.15, 0.2) is 5.76 Å². The van der Waals surface area contributed by atoms with Crippen LogP contribution in [0.5, 0.6) is 0 Å². The number of carboxylic acids is 1. The predicted octanol–water partition coefficient (Wildman–Crippen LogP) is 1.36. The molecule has 1 atom stereocenters. The van der Waals surface area contributed by atoms with Crippen molar-refractivity contribution in [2.45, 2.75) is 33.2 Å². The van der Waals surface area contributed by atoms with E-state index in [4.69, 9.17) is 9.52 Å². The van der Waals surface area contributed by atoms with Crippen LogP contribution in [0.25, 0.3) is 0 Å². The van der Waals surface area contributed by atoms with Crippen LogP contribution in [-0.4, -0.2) is 46.9 Å². The lowest BCUT2D eigenvalue weighted by atomic mass is 10.1. The second kappa shape index (κ2) is 8.21. The first kappa shape index (κ1) is 17.7. The van der Waals surface area contributed by atoms with Gasteiger partial charge in [0, 0.05) is 13.1 Å². The van der Waals surface area contributed by atoms with E-state index in [1.165, 1.54) is 17.2 Å². The molecule has 122 valence electrons. The lowest BCUT2D eigenvalue weighted by molar-refractivity contribution is -0.139. The molecule has 0 saturated heterocycles. The van der Waals surface area contributed by atoms with Crippen molar-refractivity contribution in [3.8, 4) is 0 Å². The predicted molar refractivity (Wildman–Crippen MR) is 79.3 cm³/mol. The van der Waals surface area contributed by atoms with Gasteiger partial charge in [0.2, 0.25) is 5.91 Å². The maximum absolute atomic E-state index is 12.4. The van der Waals surface area contributed by atoms with Crippen molar-refractivity contribution < 1.29 is 23.9 Å². The van der Waals surface area contributed by atoms with E-state index in [-0.39, 0.29) is 30.6 Å². The fourth-order valence-corrected chi connectivity index (χ4v) is 1.97. The summed E-state index contributed by atoms with van der Waals surface area (Å²) >= 11 is 0. The number of rotatable bonds is 8. The minimum Gasteiger partial charge on any atom is -0.481 e. The number of hydrogen-bond acceptors (Lipinski definition) is 4. The Kier molecular flexibility index (Phi) is 6.62. The van der Waals surface area contributed by atoms with E-state index in [0.29, 0.717) is 6.54 Å². The van der Waals surface area contributed by atoms with Crippen LogP contribution >= 0.6 is 0 Å². The van der Waals surface area contributed by atoms with Crippen molar-refractivity contribution in [1.29, 1.82) is 0 Å². The number of carboxylic acid groups (broad SMARTS) is 1. The van der Waals surface area contributed by atoms with Gasteiger partial charge < -0.3 is 19.7 Å². The Morgan fingerprint density at radius 1 is 1.32 bits per heavy atom. The van der Waals surface area contributed by atoms with E-state index < -0.39 is 17.9 Å². The molecule has 2 N–H and O–H groups in total. The molecule has 0 aromatic carbocycles. The summed E-state index contributed by atoms with van der Waals surface area (Å²) in [6.07, 6.45) is 1.25. The first-order chi connectivity index (χ1) is 10.3. The molecule has 2 amide bonds. The molecule has 0 aliphatic carbocycles. The van der Waals surface area contributed by atoms with E-state index in [2.05, 4.69) is 5.32 Å². The Hall–Kier alpha value is -2.31. The van der Waals surface area contributed by atoms with Crippen molar-refractivity contribution in [2.24, 2.45) is 5.92 Å². The monoisotopic (exact) mass is 310 g/mol. The van der Waals surface area contributed by atoms with Gasteiger partial charge in [0.25, 0.3) is 5.91 Å². The molecule has 1 aromatic rings. The zero-order valence-corrected chi connectivity index (χ0v) is 13.0. The van der Waals surface area contributed by atoms with Crippen LogP contribution < -0.4 is 5.32 Å². The van der Waals surface area contributed by atoms with E-state index in [1.54, 1.807) is 13.0 Å². The van der Waals surface area contributed by atoms with E-state index >= 15 is 0 Å². The average molecular weight is 310 g/mol. The maximum atomic E-state index is 12.4. The van der Waals surface area contributed by atoms with Crippen LogP contribution in [0.1, 0.15) is 37.7 Å². The topological polar surface area (TPSA) is 99.9 Å². The second-order valence-electron chi connectivity index (χ2n) is 5.49. The molecule has 7 nitrogen and oxygen atoms in total. The van der Waals surface area contributed by atoms with Crippen molar-refractivity contribution in [3.05, 3.63) is 24.2 Å². The largest absolute Gasteiger partial charge is 0.481 e. The SMILES string of the molecule is CC(C)CN(CCC(=O)O)C(=O)[C@@H](C)NC(=O)c1ccco1. The average Bonchev–Trinajstić information content (AvgIpc) is 2.96. The third kappa shape index (κ3) is 5.59. The van der Waals surface area contributed by atoms with E-state index in [9.17, 15) is 14.4 Å². The molecule has 0 aliphatic heterocycles. The standard InChI is InChI=1S/C15H22N2O5/c1-10(2)9-17(7-6-13(18)19)15(21)11(3)16-14(20)12-5-4-8-22-12/h4-5,8,10-11H,6-7,9H2,1-3H3,(H,16,20)(H,18,19)/t11-/m1/s1.